The number of carbonyl (C=O) groups is 5. The largest absolute Gasteiger partial charge is 0.469 e. The molecular formula is C50H63Cl2N7O9. The van der Waals surface area contributed by atoms with E-state index in [1.807, 2.05) is 87.1 Å². The summed E-state index contributed by atoms with van der Waals surface area (Å²) in [5, 5.41) is 14.1. The normalized spacial score (nSPS) is 18.9. The molecule has 2 N–H and O–H groups in total. The van der Waals surface area contributed by atoms with Crippen molar-refractivity contribution in [3.63, 3.8) is 0 Å². The first-order valence-electron chi connectivity index (χ1n) is 22.7. The minimum absolute atomic E-state index is 0.0232. The van der Waals surface area contributed by atoms with Gasteiger partial charge in [0.1, 0.15) is 35.1 Å². The molecule has 0 unspecified atom stereocenters. The van der Waals surface area contributed by atoms with Crippen molar-refractivity contribution in [2.24, 2.45) is 18.9 Å². The Hall–Kier alpha value is -5.68. The third kappa shape index (κ3) is 12.1. The van der Waals surface area contributed by atoms with E-state index in [0.717, 1.165) is 22.6 Å². The molecule has 366 valence electrons. The van der Waals surface area contributed by atoms with Crippen molar-refractivity contribution in [2.45, 2.75) is 96.7 Å². The third-order valence-corrected chi connectivity index (χ3v) is 13.3. The highest BCUT2D eigenvalue weighted by atomic mass is 35.5. The molecule has 16 nitrogen and oxygen atoms in total. The van der Waals surface area contributed by atoms with Crippen LogP contribution in [0.15, 0.2) is 72.9 Å². The molecule has 18 heteroatoms. The van der Waals surface area contributed by atoms with Crippen molar-refractivity contribution in [3.8, 4) is 22.8 Å². The van der Waals surface area contributed by atoms with Gasteiger partial charge in [-0.25, -0.2) is 9.78 Å². The number of ether oxygens (including phenoxy) is 3. The molecule has 0 bridgehead atoms. The summed E-state index contributed by atoms with van der Waals surface area (Å²) < 4.78 is 19.7. The van der Waals surface area contributed by atoms with E-state index in [-0.39, 0.29) is 32.0 Å². The number of hydrogen-bond donors (Lipinski definition) is 2. The molecule has 0 radical (unpaired) electrons. The van der Waals surface area contributed by atoms with E-state index in [1.165, 1.54) is 21.8 Å². The molecule has 2 fully saturated rings. The predicted molar refractivity (Wildman–Crippen MR) is 258 cm³/mol. The van der Waals surface area contributed by atoms with Crippen LogP contribution in [0.3, 0.4) is 0 Å². The van der Waals surface area contributed by atoms with E-state index in [2.05, 4.69) is 10.3 Å². The van der Waals surface area contributed by atoms with Gasteiger partial charge < -0.3 is 43.9 Å². The number of likely N-dealkylation sites (tertiary alicyclic amines) is 1. The molecule has 1 aromatic heterocycles. The zero-order valence-corrected chi connectivity index (χ0v) is 41.8. The first-order valence-corrected chi connectivity index (χ1v) is 23.5. The van der Waals surface area contributed by atoms with Crippen molar-refractivity contribution < 1.29 is 43.3 Å². The Morgan fingerprint density at radius 2 is 1.65 bits per heavy atom. The second kappa shape index (κ2) is 21.7. The van der Waals surface area contributed by atoms with Crippen LogP contribution in [0.25, 0.3) is 11.3 Å². The van der Waals surface area contributed by atoms with Crippen LogP contribution < -0.4 is 10.1 Å². The predicted octanol–water partition coefficient (Wildman–Crippen LogP) is 7.64. The summed E-state index contributed by atoms with van der Waals surface area (Å²) in [6.07, 6.45) is 1.74. The molecule has 2 saturated heterocycles. The molecule has 4 aromatic rings. The lowest BCUT2D eigenvalue weighted by Crippen LogP contribution is -2.65. The van der Waals surface area contributed by atoms with Crippen LogP contribution in [-0.4, -0.2) is 128 Å². The molecule has 2 aliphatic rings. The summed E-state index contributed by atoms with van der Waals surface area (Å²) in [5.74, 6) is -1.55. The number of rotatable bonds is 17. The molecule has 6 rings (SSSR count). The molecule has 0 saturated carbocycles. The van der Waals surface area contributed by atoms with Gasteiger partial charge in [0.25, 0.3) is 0 Å². The van der Waals surface area contributed by atoms with Gasteiger partial charge in [-0.15, -0.1) is 0 Å². The zero-order valence-electron chi connectivity index (χ0n) is 40.3. The highest BCUT2D eigenvalue weighted by molar-refractivity contribution is 6.31. The number of hydrogen-bond acceptors (Lipinski definition) is 10. The smallest absolute Gasteiger partial charge is 0.407 e. The maximum Gasteiger partial charge on any atom is 0.407 e. The number of benzene rings is 3. The summed E-state index contributed by atoms with van der Waals surface area (Å²) in [5.41, 5.74) is 0.891. The van der Waals surface area contributed by atoms with Crippen LogP contribution in [0, 0.1) is 11.8 Å². The Bertz CT molecular complexity index is 2460. The molecular weight excluding hydrogens is 913 g/mol. The maximum atomic E-state index is 15.1. The lowest BCUT2D eigenvalue weighted by atomic mass is 9.82. The molecule has 2 aliphatic heterocycles. The number of nitrogens with one attached hydrogen (secondary N) is 1. The number of aromatic nitrogens is 2. The van der Waals surface area contributed by atoms with Crippen LogP contribution >= 0.6 is 23.2 Å². The summed E-state index contributed by atoms with van der Waals surface area (Å²) >= 11 is 12.7. The fourth-order valence-electron chi connectivity index (χ4n) is 9.07. The summed E-state index contributed by atoms with van der Waals surface area (Å²) in [4.78, 5) is 80.4. The van der Waals surface area contributed by atoms with Gasteiger partial charge in [-0.2, -0.15) is 0 Å². The van der Waals surface area contributed by atoms with Crippen LogP contribution in [0.1, 0.15) is 70.8 Å². The van der Waals surface area contributed by atoms with Gasteiger partial charge in [0.15, 0.2) is 0 Å². The molecule has 4 amide bonds. The SMILES string of the molecule is COC(=O)[C@H](CC(=O)N(Cc1ccc(Cl)cc1Oc1ccc(-c2cnc(CN(C)C)n2C)cc1)[C@@H](C)C(=O)N1[C@H](C(=O)N[C@@]2(Cc3ccc(Cl)cc3)CCCN(C(=O)O)C2)COC1(C)C)C(C)C. The first-order chi connectivity index (χ1) is 32.1. The van der Waals surface area contributed by atoms with Gasteiger partial charge in [-0.1, -0.05) is 55.2 Å². The van der Waals surface area contributed by atoms with Crippen molar-refractivity contribution in [1.29, 1.82) is 0 Å². The molecule has 3 aromatic carbocycles. The average Bonchev–Trinajstić information content (AvgIpc) is 3.81. The van der Waals surface area contributed by atoms with E-state index in [0.29, 0.717) is 59.5 Å². The molecule has 0 spiro atoms. The number of imidazole rings is 1. The van der Waals surface area contributed by atoms with Crippen LogP contribution in [0.2, 0.25) is 10.0 Å². The Morgan fingerprint density at radius 3 is 2.28 bits per heavy atom. The topological polar surface area (TPSA) is 176 Å². The van der Waals surface area contributed by atoms with E-state index in [9.17, 15) is 24.3 Å². The fraction of sp³-hybridized carbons (Fsp3) is 0.480. The van der Waals surface area contributed by atoms with Crippen LogP contribution in [0.4, 0.5) is 4.79 Å². The summed E-state index contributed by atoms with van der Waals surface area (Å²) in [7, 11) is 7.21. The van der Waals surface area contributed by atoms with Gasteiger partial charge in [-0.3, -0.25) is 24.1 Å². The number of carbonyl (C=O) groups excluding carboxylic acids is 4. The van der Waals surface area contributed by atoms with Gasteiger partial charge in [0.05, 0.1) is 50.2 Å². The standard InChI is InChI=1S/C50H63Cl2N7O9/c1-31(2)39(47(63)66-9)24-44(60)58(27-35-13-18-37(52)23-42(35)68-38-19-14-34(15-20-38)40-26-53-43(56(40)8)28-55(6)7)32(3)46(62)59-41(29-67-49(59,4)5)45(61)54-50(21-10-22-57(30-50)48(64)65)25-33-11-16-36(51)17-12-33/h11-20,23,26,31-32,39,41H,10,21-22,24-25,27-30H2,1-9H3,(H,54,61)(H,64,65)/t32-,39+,41-,50+/m0/s1. The van der Waals surface area contributed by atoms with Gasteiger partial charge >= 0.3 is 12.1 Å². The Kier molecular flexibility index (Phi) is 16.5. The quantitative estimate of drug-likeness (QED) is 0.0996. The zero-order chi connectivity index (χ0) is 49.7. The van der Waals surface area contributed by atoms with Gasteiger partial charge in [0, 0.05) is 47.7 Å². The molecule has 3 heterocycles. The van der Waals surface area contributed by atoms with Crippen LogP contribution in [-0.2, 0) is 55.2 Å². The number of carboxylic acid groups (broad SMARTS) is 1. The molecule has 68 heavy (non-hydrogen) atoms. The van der Waals surface area contributed by atoms with Crippen molar-refractivity contribution in [1.82, 2.24) is 34.5 Å². The van der Waals surface area contributed by atoms with E-state index >= 15 is 4.79 Å². The van der Waals surface area contributed by atoms with Crippen LogP contribution in [0.5, 0.6) is 11.5 Å². The Labute approximate surface area is 408 Å². The second-order valence-corrected chi connectivity index (χ2v) is 19.7. The number of amides is 4. The monoisotopic (exact) mass is 975 g/mol. The second-order valence-electron chi connectivity index (χ2n) is 18.9. The third-order valence-electron chi connectivity index (χ3n) is 12.9. The summed E-state index contributed by atoms with van der Waals surface area (Å²) in [6, 6.07) is 17.3. The Balaban J connectivity index is 1.31. The number of esters is 1. The highest BCUT2D eigenvalue weighted by Gasteiger charge is 2.51. The molecule has 0 aliphatic carbocycles. The van der Waals surface area contributed by atoms with Crippen molar-refractivity contribution >= 4 is 53.0 Å². The molecule has 4 atom stereocenters. The number of piperidine rings is 1. The van der Waals surface area contributed by atoms with Crippen molar-refractivity contribution in [3.05, 3.63) is 99.9 Å². The number of halogens is 2. The first kappa shape index (κ1) is 51.7. The van der Waals surface area contributed by atoms with E-state index in [1.54, 1.807) is 51.1 Å². The van der Waals surface area contributed by atoms with Gasteiger partial charge in [-0.05, 0) is 114 Å². The van der Waals surface area contributed by atoms with E-state index in [4.69, 9.17) is 37.4 Å². The highest BCUT2D eigenvalue weighted by Crippen LogP contribution is 2.35. The van der Waals surface area contributed by atoms with E-state index < -0.39 is 59.0 Å². The minimum Gasteiger partial charge on any atom is -0.469 e. The number of nitrogens with zero attached hydrogens (tertiary/aromatic N) is 6. The van der Waals surface area contributed by atoms with Gasteiger partial charge in [0.2, 0.25) is 17.7 Å². The maximum absolute atomic E-state index is 15.1. The summed E-state index contributed by atoms with van der Waals surface area (Å²) in [6.45, 7) is 9.27. The van der Waals surface area contributed by atoms with Crippen molar-refractivity contribution in [2.75, 3.05) is 40.9 Å². The lowest BCUT2D eigenvalue weighted by molar-refractivity contribution is -0.159. The average molecular weight is 977 g/mol. The lowest BCUT2D eigenvalue weighted by Gasteiger charge is -2.44. The fourth-order valence-corrected chi connectivity index (χ4v) is 9.35. The number of methoxy groups -OCH3 is 1. The minimum atomic E-state index is -1.30. The Morgan fingerprint density at radius 1 is 0.971 bits per heavy atom.